The maximum Gasteiger partial charge on any atom is 0.416 e. The molecule has 33 heavy (non-hydrogen) atoms. The van der Waals surface area contributed by atoms with Gasteiger partial charge in [0.25, 0.3) is 0 Å². The Morgan fingerprint density at radius 2 is 2.12 bits per heavy atom. The summed E-state index contributed by atoms with van der Waals surface area (Å²) in [6.07, 6.45) is -2.35. The number of carbonyl (C=O) groups is 1. The number of hydrogen-bond acceptors (Lipinski definition) is 6. The van der Waals surface area contributed by atoms with Crippen molar-refractivity contribution >= 4 is 11.7 Å². The summed E-state index contributed by atoms with van der Waals surface area (Å²) >= 11 is 0. The van der Waals surface area contributed by atoms with E-state index in [1.54, 1.807) is 18.3 Å². The van der Waals surface area contributed by atoms with Gasteiger partial charge in [-0.1, -0.05) is 0 Å². The van der Waals surface area contributed by atoms with Crippen LogP contribution in [-0.2, 0) is 22.1 Å². The van der Waals surface area contributed by atoms with Crippen LogP contribution >= 0.6 is 0 Å². The van der Waals surface area contributed by atoms with Crippen LogP contribution in [-0.4, -0.2) is 46.4 Å². The highest BCUT2D eigenvalue weighted by Crippen LogP contribution is 2.50. The van der Waals surface area contributed by atoms with Gasteiger partial charge in [0.1, 0.15) is 5.82 Å². The Balaban J connectivity index is 1.47. The molecule has 0 radical (unpaired) electrons. The summed E-state index contributed by atoms with van der Waals surface area (Å²) in [4.78, 5) is 22.0. The second kappa shape index (κ2) is 7.95. The lowest BCUT2D eigenvalue weighted by Crippen LogP contribution is -2.48. The van der Waals surface area contributed by atoms with E-state index < -0.39 is 41.4 Å². The van der Waals surface area contributed by atoms with Crippen molar-refractivity contribution in [1.29, 1.82) is 0 Å². The summed E-state index contributed by atoms with van der Waals surface area (Å²) in [7, 11) is 1.49. The summed E-state index contributed by atoms with van der Waals surface area (Å²) in [6, 6.07) is 5.40. The van der Waals surface area contributed by atoms with E-state index >= 15 is 0 Å². The monoisotopic (exact) mass is 463 g/mol. The molecule has 3 aliphatic rings. The topological polar surface area (TPSA) is 93.6 Å². The summed E-state index contributed by atoms with van der Waals surface area (Å²) in [5, 5.41) is 12.8. The molecule has 10 heteroatoms. The number of nitrogens with one attached hydrogen (secondary N) is 1. The molecule has 176 valence electrons. The second-order valence-electron chi connectivity index (χ2n) is 9.10. The lowest BCUT2D eigenvalue weighted by molar-refractivity contribution is -0.137. The quantitative estimate of drug-likeness (QED) is 0.682. The molecule has 0 aromatic carbocycles. The molecule has 2 bridgehead atoms. The molecular formula is C23H24F3N3O4. The van der Waals surface area contributed by atoms with Crippen molar-refractivity contribution in [1.82, 2.24) is 9.97 Å². The van der Waals surface area contributed by atoms with Crippen LogP contribution in [0.1, 0.15) is 48.4 Å². The predicted molar refractivity (Wildman–Crippen MR) is 111 cm³/mol. The van der Waals surface area contributed by atoms with Crippen LogP contribution in [0.5, 0.6) is 5.88 Å². The molecular weight excluding hydrogens is 439 g/mol. The minimum absolute atomic E-state index is 0.0119. The lowest BCUT2D eigenvalue weighted by Gasteiger charge is -2.35. The van der Waals surface area contributed by atoms with Gasteiger partial charge < -0.3 is 19.9 Å². The van der Waals surface area contributed by atoms with E-state index in [4.69, 9.17) is 9.47 Å². The number of alkyl halides is 3. The Hall–Kier alpha value is -2.72. The minimum atomic E-state index is -4.54. The zero-order valence-corrected chi connectivity index (χ0v) is 17.9. The van der Waals surface area contributed by atoms with Gasteiger partial charge >= 0.3 is 6.18 Å². The van der Waals surface area contributed by atoms with Gasteiger partial charge in [0.05, 0.1) is 36.4 Å². The van der Waals surface area contributed by atoms with Crippen molar-refractivity contribution < 1.29 is 32.5 Å². The lowest BCUT2D eigenvalue weighted by atomic mass is 9.68. The van der Waals surface area contributed by atoms with E-state index in [1.807, 2.05) is 0 Å². The minimum Gasteiger partial charge on any atom is -0.481 e. The van der Waals surface area contributed by atoms with Gasteiger partial charge in [-0.15, -0.1) is 0 Å². The number of ether oxygens (including phenoxy) is 2. The molecule has 5 rings (SSSR count). The standard InChI is InChI=1S/C23H24F3N3O4/c1-32-20-6-12(4-5-27-20)10-22(11-17-16(30)9-18(22)33-17)21(31)29-19-8-14(23(24,25)26)7-15(28-19)13-2-3-13/h4-8,13,16-18,30H,2-3,9-11H2,1H3,(H,28,29,31)/t16-,17+,18+,22-/m0/s1. The molecule has 0 unspecified atom stereocenters. The number of anilines is 1. The maximum absolute atomic E-state index is 13.6. The Morgan fingerprint density at radius 1 is 1.33 bits per heavy atom. The number of nitrogens with zero attached hydrogens (tertiary/aromatic N) is 2. The van der Waals surface area contributed by atoms with Crippen LogP contribution < -0.4 is 10.1 Å². The first-order valence-corrected chi connectivity index (χ1v) is 10.9. The van der Waals surface area contributed by atoms with Crippen LogP contribution in [0.25, 0.3) is 0 Å². The van der Waals surface area contributed by atoms with E-state index in [1.165, 1.54) is 7.11 Å². The number of rotatable bonds is 6. The predicted octanol–water partition coefficient (Wildman–Crippen LogP) is 3.47. The number of aromatic nitrogens is 2. The highest BCUT2D eigenvalue weighted by atomic mass is 19.4. The van der Waals surface area contributed by atoms with E-state index in [9.17, 15) is 23.1 Å². The molecule has 1 aliphatic carbocycles. The molecule has 7 nitrogen and oxygen atoms in total. The summed E-state index contributed by atoms with van der Waals surface area (Å²) in [6.45, 7) is 0. The molecule has 2 aromatic rings. The molecule has 1 saturated carbocycles. The van der Waals surface area contributed by atoms with Crippen molar-refractivity contribution in [2.75, 3.05) is 12.4 Å². The van der Waals surface area contributed by atoms with Crippen molar-refractivity contribution in [3.05, 3.63) is 47.3 Å². The molecule has 0 spiro atoms. The zero-order chi connectivity index (χ0) is 23.4. The average molecular weight is 463 g/mol. The number of pyridine rings is 2. The molecule has 3 fully saturated rings. The van der Waals surface area contributed by atoms with Crippen molar-refractivity contribution in [2.45, 2.75) is 62.5 Å². The zero-order valence-electron chi connectivity index (χ0n) is 17.9. The third-order valence-corrected chi connectivity index (χ3v) is 6.80. The Bertz CT molecular complexity index is 1070. The Labute approximate surface area is 188 Å². The number of carbonyl (C=O) groups excluding carboxylic acids is 1. The fourth-order valence-electron chi connectivity index (χ4n) is 4.91. The summed E-state index contributed by atoms with van der Waals surface area (Å²) < 4.78 is 51.4. The number of halogens is 3. The smallest absolute Gasteiger partial charge is 0.416 e. The van der Waals surface area contributed by atoms with Gasteiger partial charge in [0, 0.05) is 30.3 Å². The summed E-state index contributed by atoms with van der Waals surface area (Å²) in [5.41, 5.74) is -0.778. The molecule has 2 aliphatic heterocycles. The Kier molecular flexibility index (Phi) is 5.32. The number of amides is 1. The number of methoxy groups -OCH3 is 1. The number of hydrogen-bond donors (Lipinski definition) is 2. The number of aliphatic hydroxyl groups excluding tert-OH is 1. The fraction of sp³-hybridized carbons (Fsp3) is 0.522. The van der Waals surface area contributed by atoms with Gasteiger partial charge in [-0.25, -0.2) is 9.97 Å². The Morgan fingerprint density at radius 3 is 2.73 bits per heavy atom. The first-order valence-electron chi connectivity index (χ1n) is 10.9. The van der Waals surface area contributed by atoms with E-state index in [2.05, 4.69) is 15.3 Å². The van der Waals surface area contributed by atoms with E-state index in [-0.39, 0.29) is 31.0 Å². The van der Waals surface area contributed by atoms with E-state index in [0.29, 0.717) is 11.6 Å². The normalized spacial score (nSPS) is 28.7. The third-order valence-electron chi connectivity index (χ3n) is 6.80. The number of fused-ring (bicyclic) bond motifs is 2. The number of aliphatic hydroxyl groups is 1. The first-order chi connectivity index (χ1) is 15.7. The first kappa shape index (κ1) is 22.1. The third kappa shape index (κ3) is 4.17. The van der Waals surface area contributed by atoms with Crippen LogP contribution in [0.4, 0.5) is 19.0 Å². The maximum atomic E-state index is 13.6. The van der Waals surface area contributed by atoms with Gasteiger partial charge in [-0.2, -0.15) is 13.2 Å². The van der Waals surface area contributed by atoms with E-state index in [0.717, 1.165) is 30.5 Å². The van der Waals surface area contributed by atoms with Crippen LogP contribution in [0.15, 0.2) is 30.5 Å². The average Bonchev–Trinajstić information content (AvgIpc) is 3.48. The van der Waals surface area contributed by atoms with Crippen molar-refractivity contribution in [3.63, 3.8) is 0 Å². The highest BCUT2D eigenvalue weighted by Gasteiger charge is 2.60. The molecule has 4 atom stereocenters. The van der Waals surface area contributed by atoms with Crippen molar-refractivity contribution in [3.8, 4) is 5.88 Å². The second-order valence-corrected chi connectivity index (χ2v) is 9.10. The van der Waals surface area contributed by atoms with Crippen molar-refractivity contribution in [2.24, 2.45) is 5.41 Å². The molecule has 2 N–H and O–H groups in total. The highest BCUT2D eigenvalue weighted by molar-refractivity contribution is 5.96. The molecule has 2 saturated heterocycles. The van der Waals surface area contributed by atoms with Gasteiger partial charge in [0.2, 0.25) is 11.8 Å². The van der Waals surface area contributed by atoms with Crippen LogP contribution in [0.2, 0.25) is 0 Å². The van der Waals surface area contributed by atoms with Gasteiger partial charge in [-0.3, -0.25) is 4.79 Å². The summed E-state index contributed by atoms with van der Waals surface area (Å²) in [5.74, 6) is -0.207. The van der Waals surface area contributed by atoms with Crippen LogP contribution in [0, 0.1) is 5.41 Å². The molecule has 4 heterocycles. The largest absolute Gasteiger partial charge is 0.481 e. The fourth-order valence-corrected chi connectivity index (χ4v) is 4.91. The SMILES string of the molecule is COc1cc(C[C@]2(C(=O)Nc3cc(C(F)(F)F)cc(C4CC4)n3)C[C@H]3O[C@@H]2C[C@@H]3O)ccn1. The molecule has 1 amide bonds. The van der Waals surface area contributed by atoms with Crippen LogP contribution in [0.3, 0.4) is 0 Å². The van der Waals surface area contributed by atoms with Gasteiger partial charge in [0.15, 0.2) is 0 Å². The van der Waals surface area contributed by atoms with Gasteiger partial charge in [-0.05, 0) is 49.4 Å². The molecule has 2 aromatic heterocycles.